The number of nitrogens with one attached hydrogen (secondary N) is 1. The van der Waals surface area contributed by atoms with E-state index in [4.69, 9.17) is 9.84 Å². The topological polar surface area (TPSA) is 78.9 Å². The summed E-state index contributed by atoms with van der Waals surface area (Å²) in [6.45, 7) is 0. The van der Waals surface area contributed by atoms with Crippen molar-refractivity contribution in [1.29, 1.82) is 0 Å². The molecule has 1 aromatic rings. The van der Waals surface area contributed by atoms with E-state index in [1.165, 1.54) is 4.90 Å². The highest BCUT2D eigenvalue weighted by molar-refractivity contribution is 5.91. The molecule has 0 spiro atoms. The van der Waals surface area contributed by atoms with Crippen molar-refractivity contribution in [2.45, 2.75) is 12.5 Å². The van der Waals surface area contributed by atoms with E-state index >= 15 is 0 Å². The van der Waals surface area contributed by atoms with E-state index in [-0.39, 0.29) is 12.1 Å². The number of amides is 2. The first kappa shape index (κ1) is 14.9. The van der Waals surface area contributed by atoms with Crippen molar-refractivity contribution < 1.29 is 19.4 Å². The summed E-state index contributed by atoms with van der Waals surface area (Å²) in [5, 5.41) is 11.7. The standard InChI is InChI=1S/C15H18N2O4/c1-17(12-5-7-13(21-2)8-6-12)15(20)16-11-4-3-10(9-11)14(18)19/h3-8,10-11H,9H2,1-2H3,(H,16,20)(H,18,19). The third kappa shape index (κ3) is 3.53. The molecule has 0 heterocycles. The minimum absolute atomic E-state index is 0.251. The van der Waals surface area contributed by atoms with Gasteiger partial charge in [-0.2, -0.15) is 0 Å². The molecule has 6 nitrogen and oxygen atoms in total. The monoisotopic (exact) mass is 290 g/mol. The molecule has 0 fully saturated rings. The number of carbonyl (C=O) groups excluding carboxylic acids is 1. The zero-order valence-electron chi connectivity index (χ0n) is 11.9. The van der Waals surface area contributed by atoms with Crippen LogP contribution in [0.25, 0.3) is 0 Å². The van der Waals surface area contributed by atoms with Crippen LogP contribution in [0.2, 0.25) is 0 Å². The van der Waals surface area contributed by atoms with Crippen molar-refractivity contribution in [3.8, 4) is 5.75 Å². The molecule has 112 valence electrons. The number of aliphatic carboxylic acids is 1. The maximum Gasteiger partial charge on any atom is 0.322 e. The smallest absolute Gasteiger partial charge is 0.322 e. The normalized spacial score (nSPS) is 20.1. The molecule has 2 N–H and O–H groups in total. The lowest BCUT2D eigenvalue weighted by atomic mass is 10.1. The quantitative estimate of drug-likeness (QED) is 0.830. The van der Waals surface area contributed by atoms with Crippen LogP contribution in [-0.4, -0.2) is 37.3 Å². The average molecular weight is 290 g/mol. The third-order valence-corrected chi connectivity index (χ3v) is 3.47. The second-order valence-electron chi connectivity index (χ2n) is 4.88. The number of urea groups is 1. The SMILES string of the molecule is COc1ccc(N(C)C(=O)NC2C=CC(C(=O)O)C2)cc1. The molecule has 2 unspecified atom stereocenters. The van der Waals surface area contributed by atoms with Gasteiger partial charge in [-0.3, -0.25) is 9.69 Å². The number of ether oxygens (including phenoxy) is 1. The Morgan fingerprint density at radius 1 is 1.29 bits per heavy atom. The molecule has 0 saturated carbocycles. The number of nitrogens with zero attached hydrogens (tertiary/aromatic N) is 1. The van der Waals surface area contributed by atoms with Gasteiger partial charge in [0.05, 0.1) is 19.1 Å². The van der Waals surface area contributed by atoms with Gasteiger partial charge >= 0.3 is 12.0 Å². The van der Waals surface area contributed by atoms with E-state index in [1.807, 2.05) is 0 Å². The van der Waals surface area contributed by atoms with Crippen molar-refractivity contribution in [3.05, 3.63) is 36.4 Å². The van der Waals surface area contributed by atoms with E-state index in [0.717, 1.165) is 11.4 Å². The highest BCUT2D eigenvalue weighted by Gasteiger charge is 2.26. The minimum atomic E-state index is -0.869. The van der Waals surface area contributed by atoms with Gasteiger partial charge in [0, 0.05) is 12.7 Å². The number of carboxylic acids is 1. The number of rotatable bonds is 4. The first-order chi connectivity index (χ1) is 10.0. The molecule has 2 rings (SSSR count). The summed E-state index contributed by atoms with van der Waals surface area (Å²) in [5.41, 5.74) is 0.727. The van der Waals surface area contributed by atoms with Gasteiger partial charge in [0.2, 0.25) is 0 Å². The molecular formula is C15H18N2O4. The Morgan fingerprint density at radius 2 is 1.95 bits per heavy atom. The summed E-state index contributed by atoms with van der Waals surface area (Å²) in [4.78, 5) is 24.5. The second-order valence-corrected chi connectivity index (χ2v) is 4.88. The molecule has 2 atom stereocenters. The maximum atomic E-state index is 12.1. The zero-order chi connectivity index (χ0) is 15.4. The molecule has 0 saturated heterocycles. The molecule has 1 aromatic carbocycles. The fraction of sp³-hybridized carbons (Fsp3) is 0.333. The van der Waals surface area contributed by atoms with Crippen molar-refractivity contribution in [2.24, 2.45) is 5.92 Å². The van der Waals surface area contributed by atoms with Gasteiger partial charge in [-0.1, -0.05) is 12.2 Å². The molecule has 0 aromatic heterocycles. The molecule has 0 radical (unpaired) electrons. The van der Waals surface area contributed by atoms with Gasteiger partial charge in [-0.05, 0) is 30.7 Å². The van der Waals surface area contributed by atoms with Crippen molar-refractivity contribution in [1.82, 2.24) is 5.32 Å². The molecule has 6 heteroatoms. The van der Waals surface area contributed by atoms with Crippen LogP contribution in [0.5, 0.6) is 5.75 Å². The predicted molar refractivity (Wildman–Crippen MR) is 78.6 cm³/mol. The lowest BCUT2D eigenvalue weighted by molar-refractivity contribution is -0.140. The van der Waals surface area contributed by atoms with Crippen LogP contribution in [0.4, 0.5) is 10.5 Å². The fourth-order valence-electron chi connectivity index (χ4n) is 2.17. The number of anilines is 1. The second kappa shape index (κ2) is 6.30. The summed E-state index contributed by atoms with van der Waals surface area (Å²) < 4.78 is 5.07. The van der Waals surface area contributed by atoms with Gasteiger partial charge in [0.15, 0.2) is 0 Å². The van der Waals surface area contributed by atoms with Crippen molar-refractivity contribution in [3.63, 3.8) is 0 Å². The number of carboxylic acid groups (broad SMARTS) is 1. The van der Waals surface area contributed by atoms with Crippen molar-refractivity contribution >= 4 is 17.7 Å². The highest BCUT2D eigenvalue weighted by atomic mass is 16.5. The molecule has 0 aliphatic heterocycles. The van der Waals surface area contributed by atoms with Crippen molar-refractivity contribution in [2.75, 3.05) is 19.1 Å². The summed E-state index contributed by atoms with van der Waals surface area (Å²) in [7, 11) is 3.24. The number of hydrogen-bond acceptors (Lipinski definition) is 3. The predicted octanol–water partition coefficient (Wildman–Crippen LogP) is 1.87. The number of methoxy groups -OCH3 is 1. The Hall–Kier alpha value is -2.50. The van der Waals surface area contributed by atoms with Gasteiger partial charge in [-0.25, -0.2) is 4.79 Å². The molecule has 2 amide bonds. The Kier molecular flexibility index (Phi) is 4.47. The largest absolute Gasteiger partial charge is 0.497 e. The van der Waals surface area contributed by atoms with Crippen LogP contribution in [0.3, 0.4) is 0 Å². The summed E-state index contributed by atoms with van der Waals surface area (Å²) in [5.74, 6) is -0.677. The third-order valence-electron chi connectivity index (χ3n) is 3.47. The van der Waals surface area contributed by atoms with E-state index in [2.05, 4.69) is 5.32 Å². The Balaban J connectivity index is 1.94. The van der Waals surface area contributed by atoms with Crippen LogP contribution in [0.15, 0.2) is 36.4 Å². The first-order valence-corrected chi connectivity index (χ1v) is 6.60. The highest BCUT2D eigenvalue weighted by Crippen LogP contribution is 2.20. The van der Waals surface area contributed by atoms with E-state index in [0.29, 0.717) is 6.42 Å². The first-order valence-electron chi connectivity index (χ1n) is 6.60. The zero-order valence-corrected chi connectivity index (χ0v) is 11.9. The molecule has 0 bridgehead atoms. The van der Waals surface area contributed by atoms with E-state index in [1.54, 1.807) is 50.6 Å². The average Bonchev–Trinajstić information content (AvgIpc) is 2.95. The van der Waals surface area contributed by atoms with E-state index < -0.39 is 11.9 Å². The van der Waals surface area contributed by atoms with Crippen LogP contribution in [-0.2, 0) is 4.79 Å². The lowest BCUT2D eigenvalue weighted by Crippen LogP contribution is -2.42. The van der Waals surface area contributed by atoms with Crippen LogP contribution in [0.1, 0.15) is 6.42 Å². The minimum Gasteiger partial charge on any atom is -0.497 e. The number of hydrogen-bond donors (Lipinski definition) is 2. The van der Waals surface area contributed by atoms with Gasteiger partial charge < -0.3 is 15.2 Å². The van der Waals surface area contributed by atoms with Gasteiger partial charge in [0.25, 0.3) is 0 Å². The Bertz CT molecular complexity index is 553. The van der Waals surface area contributed by atoms with E-state index in [9.17, 15) is 9.59 Å². The number of benzene rings is 1. The van der Waals surface area contributed by atoms with Crippen LogP contribution >= 0.6 is 0 Å². The maximum absolute atomic E-state index is 12.1. The van der Waals surface area contributed by atoms with Crippen LogP contribution < -0.4 is 15.0 Å². The summed E-state index contributed by atoms with van der Waals surface area (Å²) in [6.07, 6.45) is 3.72. The Morgan fingerprint density at radius 3 is 2.48 bits per heavy atom. The molecule has 1 aliphatic carbocycles. The molecular weight excluding hydrogens is 272 g/mol. The number of carbonyl (C=O) groups is 2. The van der Waals surface area contributed by atoms with Gasteiger partial charge in [-0.15, -0.1) is 0 Å². The summed E-state index contributed by atoms with van der Waals surface area (Å²) >= 11 is 0. The Labute approximate surface area is 123 Å². The molecule has 21 heavy (non-hydrogen) atoms. The van der Waals surface area contributed by atoms with Gasteiger partial charge in [0.1, 0.15) is 5.75 Å². The fourth-order valence-corrected chi connectivity index (χ4v) is 2.17. The summed E-state index contributed by atoms with van der Waals surface area (Å²) in [6, 6.07) is 6.58. The lowest BCUT2D eigenvalue weighted by Gasteiger charge is -2.21. The van der Waals surface area contributed by atoms with Crippen LogP contribution in [0, 0.1) is 5.92 Å². The molecule has 1 aliphatic rings.